The van der Waals surface area contributed by atoms with E-state index in [2.05, 4.69) is 62.0 Å². The number of nitrogens with zero attached hydrogens (tertiary/aromatic N) is 1. The van der Waals surface area contributed by atoms with Gasteiger partial charge in [-0.2, -0.15) is 0 Å². The summed E-state index contributed by atoms with van der Waals surface area (Å²) in [6.07, 6.45) is 4.23. The number of hydrogen-bond acceptors (Lipinski definition) is 2. The normalized spacial score (nSPS) is 12.2. The molecule has 0 fully saturated rings. The summed E-state index contributed by atoms with van der Waals surface area (Å²) in [5.41, 5.74) is 2.62. The summed E-state index contributed by atoms with van der Waals surface area (Å²) in [5.74, 6) is 0. The lowest BCUT2D eigenvalue weighted by atomic mass is 10.0. The van der Waals surface area contributed by atoms with Gasteiger partial charge in [-0.3, -0.25) is 0 Å². The highest BCUT2D eigenvalue weighted by Gasteiger charge is 2.08. The Bertz CT molecular complexity index is 343. The minimum atomic E-state index is 0.476. The highest BCUT2D eigenvalue weighted by molar-refractivity contribution is 5.47. The Morgan fingerprint density at radius 1 is 1.28 bits per heavy atom. The van der Waals surface area contributed by atoms with Crippen LogP contribution in [0.15, 0.2) is 36.9 Å². The van der Waals surface area contributed by atoms with Crippen LogP contribution >= 0.6 is 0 Å². The van der Waals surface area contributed by atoms with Gasteiger partial charge in [0.05, 0.1) is 0 Å². The summed E-state index contributed by atoms with van der Waals surface area (Å²) in [6, 6.07) is 9.31. The van der Waals surface area contributed by atoms with Crippen LogP contribution in [0.4, 0.5) is 5.69 Å². The van der Waals surface area contributed by atoms with Crippen molar-refractivity contribution in [3.63, 3.8) is 0 Å². The number of likely N-dealkylation sites (N-methyl/N-ethyl adjacent to an activating group) is 1. The van der Waals surface area contributed by atoms with E-state index in [0.717, 1.165) is 19.5 Å². The molecule has 18 heavy (non-hydrogen) atoms. The molecule has 1 rings (SSSR count). The smallest absolute Gasteiger partial charge is 0.0366 e. The molecule has 1 N–H and O–H groups in total. The van der Waals surface area contributed by atoms with Crippen LogP contribution in [0, 0.1) is 0 Å². The predicted octanol–water partition coefficient (Wildman–Crippen LogP) is 3.76. The van der Waals surface area contributed by atoms with Crippen LogP contribution < -0.4 is 10.2 Å². The van der Waals surface area contributed by atoms with E-state index >= 15 is 0 Å². The van der Waals surface area contributed by atoms with Crippen molar-refractivity contribution in [2.24, 2.45) is 0 Å². The van der Waals surface area contributed by atoms with E-state index in [1.54, 1.807) is 0 Å². The zero-order chi connectivity index (χ0) is 13.4. The van der Waals surface area contributed by atoms with Gasteiger partial charge in [-0.1, -0.05) is 32.1 Å². The fraction of sp³-hybridized carbons (Fsp3) is 0.500. The fourth-order valence-electron chi connectivity index (χ4n) is 2.08. The van der Waals surface area contributed by atoms with E-state index in [-0.39, 0.29) is 0 Å². The van der Waals surface area contributed by atoms with Crippen LogP contribution in [0.2, 0.25) is 0 Å². The molecule has 0 aliphatic rings. The van der Waals surface area contributed by atoms with Crippen LogP contribution in [0.5, 0.6) is 0 Å². The molecular formula is C16H26N2. The molecule has 0 bridgehead atoms. The van der Waals surface area contributed by atoms with Crippen molar-refractivity contribution in [1.29, 1.82) is 0 Å². The van der Waals surface area contributed by atoms with Gasteiger partial charge in [0.25, 0.3) is 0 Å². The predicted molar refractivity (Wildman–Crippen MR) is 81.2 cm³/mol. The molecule has 2 heteroatoms. The lowest BCUT2D eigenvalue weighted by Crippen LogP contribution is -2.21. The molecule has 0 spiro atoms. The summed E-state index contributed by atoms with van der Waals surface area (Å²) in [6.45, 7) is 10.2. The molecule has 1 unspecified atom stereocenters. The second-order valence-corrected chi connectivity index (χ2v) is 4.68. The fourth-order valence-corrected chi connectivity index (χ4v) is 2.08. The molecule has 0 heterocycles. The van der Waals surface area contributed by atoms with Gasteiger partial charge >= 0.3 is 0 Å². The van der Waals surface area contributed by atoms with Crippen molar-refractivity contribution in [3.8, 4) is 0 Å². The van der Waals surface area contributed by atoms with Crippen LogP contribution in [-0.2, 0) is 0 Å². The molecule has 100 valence electrons. The van der Waals surface area contributed by atoms with Crippen LogP contribution in [0.1, 0.15) is 38.3 Å². The summed E-state index contributed by atoms with van der Waals surface area (Å²) < 4.78 is 0. The van der Waals surface area contributed by atoms with Crippen molar-refractivity contribution in [1.82, 2.24) is 5.32 Å². The van der Waals surface area contributed by atoms with Gasteiger partial charge in [0.15, 0.2) is 0 Å². The van der Waals surface area contributed by atoms with Crippen LogP contribution in [-0.4, -0.2) is 20.1 Å². The molecule has 2 nitrogen and oxygen atoms in total. The third-order valence-electron chi connectivity index (χ3n) is 3.19. The van der Waals surface area contributed by atoms with Crippen molar-refractivity contribution >= 4 is 5.69 Å². The minimum Gasteiger partial charge on any atom is -0.371 e. The molecule has 1 aromatic rings. The zero-order valence-corrected chi connectivity index (χ0v) is 11.9. The molecule has 1 aromatic carbocycles. The average molecular weight is 246 g/mol. The standard InChI is InChI=1S/C16H26N2/c1-5-12-17-16(7-3)14-8-10-15(11-9-14)18(4)13-6-2/h6,8-11,16-17H,2,5,7,12-13H2,1,3-4H3. The molecule has 1 atom stereocenters. The number of anilines is 1. The second-order valence-electron chi connectivity index (χ2n) is 4.68. The lowest BCUT2D eigenvalue weighted by molar-refractivity contribution is 0.518. The molecule has 0 aliphatic heterocycles. The van der Waals surface area contributed by atoms with E-state index in [0.29, 0.717) is 6.04 Å². The summed E-state index contributed by atoms with van der Waals surface area (Å²) in [4.78, 5) is 2.19. The largest absolute Gasteiger partial charge is 0.371 e. The first-order chi connectivity index (χ1) is 8.72. The van der Waals surface area contributed by atoms with Gasteiger partial charge < -0.3 is 10.2 Å². The maximum atomic E-state index is 3.77. The third-order valence-corrected chi connectivity index (χ3v) is 3.19. The van der Waals surface area contributed by atoms with Crippen molar-refractivity contribution in [2.45, 2.75) is 32.7 Å². The first kappa shape index (κ1) is 14.8. The third kappa shape index (κ3) is 4.19. The summed E-state index contributed by atoms with van der Waals surface area (Å²) in [7, 11) is 2.09. The molecule has 0 saturated carbocycles. The SMILES string of the molecule is C=CCN(C)c1ccc(C(CC)NCCC)cc1. The molecule has 0 amide bonds. The topological polar surface area (TPSA) is 15.3 Å². The number of nitrogens with one attached hydrogen (secondary N) is 1. The second kappa shape index (κ2) is 7.93. The Morgan fingerprint density at radius 3 is 2.44 bits per heavy atom. The van der Waals surface area contributed by atoms with Gasteiger partial charge in [0.1, 0.15) is 0 Å². The van der Waals surface area contributed by atoms with Crippen molar-refractivity contribution in [2.75, 3.05) is 25.0 Å². The van der Waals surface area contributed by atoms with Gasteiger partial charge in [-0.15, -0.1) is 6.58 Å². The molecule has 0 aliphatic carbocycles. The van der Waals surface area contributed by atoms with Gasteiger partial charge in [-0.05, 0) is 37.1 Å². The molecule has 0 aromatic heterocycles. The Morgan fingerprint density at radius 2 is 1.94 bits per heavy atom. The Hall–Kier alpha value is -1.28. The Kier molecular flexibility index (Phi) is 6.51. The van der Waals surface area contributed by atoms with Crippen molar-refractivity contribution < 1.29 is 0 Å². The highest BCUT2D eigenvalue weighted by atomic mass is 15.1. The van der Waals surface area contributed by atoms with Crippen LogP contribution in [0.3, 0.4) is 0 Å². The van der Waals surface area contributed by atoms with E-state index in [1.807, 2.05) is 6.08 Å². The molecule has 0 radical (unpaired) electrons. The Balaban J connectivity index is 2.70. The van der Waals surface area contributed by atoms with Gasteiger partial charge in [0.2, 0.25) is 0 Å². The monoisotopic (exact) mass is 246 g/mol. The number of rotatable bonds is 8. The zero-order valence-electron chi connectivity index (χ0n) is 11.9. The lowest BCUT2D eigenvalue weighted by Gasteiger charge is -2.20. The van der Waals surface area contributed by atoms with E-state index in [1.165, 1.54) is 17.7 Å². The summed E-state index contributed by atoms with van der Waals surface area (Å²) in [5, 5.41) is 3.58. The van der Waals surface area contributed by atoms with Gasteiger partial charge in [0, 0.05) is 25.3 Å². The highest BCUT2D eigenvalue weighted by Crippen LogP contribution is 2.20. The van der Waals surface area contributed by atoms with Crippen LogP contribution in [0.25, 0.3) is 0 Å². The molecule has 0 saturated heterocycles. The first-order valence-corrected chi connectivity index (χ1v) is 6.88. The molecular weight excluding hydrogens is 220 g/mol. The maximum absolute atomic E-state index is 3.77. The van der Waals surface area contributed by atoms with Crippen molar-refractivity contribution in [3.05, 3.63) is 42.5 Å². The van der Waals surface area contributed by atoms with E-state index in [4.69, 9.17) is 0 Å². The first-order valence-electron chi connectivity index (χ1n) is 6.88. The maximum Gasteiger partial charge on any atom is 0.0366 e. The number of hydrogen-bond donors (Lipinski definition) is 1. The van der Waals surface area contributed by atoms with E-state index in [9.17, 15) is 0 Å². The minimum absolute atomic E-state index is 0.476. The quantitative estimate of drug-likeness (QED) is 0.703. The number of benzene rings is 1. The summed E-state index contributed by atoms with van der Waals surface area (Å²) >= 11 is 0. The van der Waals surface area contributed by atoms with Gasteiger partial charge in [-0.25, -0.2) is 0 Å². The van der Waals surface area contributed by atoms with E-state index < -0.39 is 0 Å². The Labute approximate surface area is 112 Å². The average Bonchev–Trinajstić information content (AvgIpc) is 2.40.